The zero-order chi connectivity index (χ0) is 9.84. The van der Waals surface area contributed by atoms with Crippen LogP contribution in [-0.4, -0.2) is 17.3 Å². The molecule has 0 saturated heterocycles. The minimum Gasteiger partial charge on any atom is -0.505 e. The van der Waals surface area contributed by atoms with Crippen LogP contribution in [0.1, 0.15) is 5.56 Å². The van der Waals surface area contributed by atoms with Gasteiger partial charge in [-0.3, -0.25) is 0 Å². The van der Waals surface area contributed by atoms with Gasteiger partial charge in [-0.2, -0.15) is 9.87 Å². The quantitative estimate of drug-likeness (QED) is 0.615. The number of rotatable bonds is 3. The van der Waals surface area contributed by atoms with Crippen LogP contribution in [0.5, 0.6) is 11.5 Å². The van der Waals surface area contributed by atoms with Crippen molar-refractivity contribution in [1.82, 2.24) is 5.48 Å². The van der Waals surface area contributed by atoms with Crippen LogP contribution >= 0.6 is 0 Å². The van der Waals surface area contributed by atoms with Crippen molar-refractivity contribution in [2.24, 2.45) is 0 Å². The first kappa shape index (κ1) is 9.76. The molecule has 0 amide bonds. The van der Waals surface area contributed by atoms with Crippen molar-refractivity contribution in [3.8, 4) is 11.5 Å². The van der Waals surface area contributed by atoms with Gasteiger partial charge in [-0.25, -0.2) is 0 Å². The molecule has 0 aliphatic carbocycles. The lowest BCUT2D eigenvalue weighted by molar-refractivity contribution is 0.0860. The van der Waals surface area contributed by atoms with Crippen LogP contribution < -0.4 is 5.48 Å². The van der Waals surface area contributed by atoms with Gasteiger partial charge >= 0.3 is 0 Å². The third-order valence-corrected chi connectivity index (χ3v) is 1.59. The minimum atomic E-state index is -1.02. The van der Waals surface area contributed by atoms with Gasteiger partial charge in [-0.15, -0.1) is 0 Å². The molecule has 0 fully saturated rings. The van der Waals surface area contributed by atoms with Crippen molar-refractivity contribution in [3.05, 3.63) is 23.5 Å². The number of phenolic OH excluding ortho intramolecular Hbond substituents is 2. The molecule has 3 N–H and O–H groups in total. The third kappa shape index (κ3) is 2.07. The number of hydrogen-bond acceptors (Lipinski definition) is 4. The fourth-order valence-corrected chi connectivity index (χ4v) is 0.886. The molecule has 0 radical (unpaired) electrons. The van der Waals surface area contributed by atoms with Gasteiger partial charge < -0.3 is 15.1 Å². The number of aromatic hydroxyl groups is 2. The Morgan fingerprint density at radius 1 is 1.46 bits per heavy atom. The van der Waals surface area contributed by atoms with E-state index in [1.165, 1.54) is 19.2 Å². The monoisotopic (exact) mass is 187 g/mol. The number of hydroxylamine groups is 1. The van der Waals surface area contributed by atoms with Gasteiger partial charge in [-0.05, 0) is 6.07 Å². The van der Waals surface area contributed by atoms with E-state index in [1.807, 2.05) is 0 Å². The van der Waals surface area contributed by atoms with Gasteiger partial charge in [0.15, 0.2) is 11.5 Å². The predicted molar refractivity (Wildman–Crippen MR) is 43.6 cm³/mol. The molecular formula is C8H10FNO3. The second-order valence-electron chi connectivity index (χ2n) is 2.43. The number of nitrogens with one attached hydrogen (secondary N) is 1. The second-order valence-corrected chi connectivity index (χ2v) is 2.43. The third-order valence-electron chi connectivity index (χ3n) is 1.59. The van der Waals surface area contributed by atoms with E-state index >= 15 is 0 Å². The zero-order valence-electron chi connectivity index (χ0n) is 7.04. The highest BCUT2D eigenvalue weighted by atomic mass is 19.1. The standard InChI is InChI=1S/C8H10FNO3/c1-13-10-4-5-2-3-6(11)7(9)8(5)12/h2-3,10-12H,4H2,1H3. The molecule has 5 heteroatoms. The molecule has 72 valence electrons. The summed E-state index contributed by atoms with van der Waals surface area (Å²) in [5, 5.41) is 18.0. The molecule has 0 saturated carbocycles. The average molecular weight is 187 g/mol. The molecule has 0 unspecified atom stereocenters. The molecule has 13 heavy (non-hydrogen) atoms. The summed E-state index contributed by atoms with van der Waals surface area (Å²) in [5.41, 5.74) is 2.76. The highest BCUT2D eigenvalue weighted by Crippen LogP contribution is 2.28. The molecule has 4 nitrogen and oxygen atoms in total. The van der Waals surface area contributed by atoms with E-state index in [0.29, 0.717) is 5.56 Å². The fourth-order valence-electron chi connectivity index (χ4n) is 0.886. The highest BCUT2D eigenvalue weighted by molar-refractivity contribution is 5.40. The van der Waals surface area contributed by atoms with E-state index in [-0.39, 0.29) is 6.54 Å². The zero-order valence-corrected chi connectivity index (χ0v) is 7.04. The van der Waals surface area contributed by atoms with Gasteiger partial charge in [0, 0.05) is 12.1 Å². The molecule has 0 atom stereocenters. The molecule has 0 aliphatic heterocycles. The largest absolute Gasteiger partial charge is 0.505 e. The Hall–Kier alpha value is -1.33. The maximum atomic E-state index is 12.8. The van der Waals surface area contributed by atoms with Crippen molar-refractivity contribution < 1.29 is 19.4 Å². The van der Waals surface area contributed by atoms with Crippen molar-refractivity contribution in [2.75, 3.05) is 7.11 Å². The lowest BCUT2D eigenvalue weighted by atomic mass is 10.2. The Morgan fingerprint density at radius 2 is 2.15 bits per heavy atom. The van der Waals surface area contributed by atoms with Crippen molar-refractivity contribution in [3.63, 3.8) is 0 Å². The Labute approximate surface area is 74.5 Å². The second kappa shape index (κ2) is 4.06. The Kier molecular flexibility index (Phi) is 3.05. The summed E-state index contributed by atoms with van der Waals surface area (Å²) in [5.74, 6) is -2.15. The maximum absolute atomic E-state index is 12.8. The van der Waals surface area contributed by atoms with Crippen LogP contribution in [-0.2, 0) is 11.4 Å². The molecular weight excluding hydrogens is 177 g/mol. The molecule has 0 heterocycles. The molecule has 0 aromatic heterocycles. The summed E-state index contributed by atoms with van der Waals surface area (Å²) in [6, 6.07) is 2.57. The molecule has 0 spiro atoms. The highest BCUT2D eigenvalue weighted by Gasteiger charge is 2.10. The van der Waals surface area contributed by atoms with E-state index in [4.69, 9.17) is 5.11 Å². The number of hydrogen-bond donors (Lipinski definition) is 3. The summed E-state index contributed by atoms with van der Waals surface area (Å²) in [6.45, 7) is 0.166. The topological polar surface area (TPSA) is 61.7 Å². The smallest absolute Gasteiger partial charge is 0.206 e. The summed E-state index contributed by atoms with van der Waals surface area (Å²) in [6.07, 6.45) is 0. The average Bonchev–Trinajstić information content (AvgIpc) is 2.13. The van der Waals surface area contributed by atoms with Crippen molar-refractivity contribution in [2.45, 2.75) is 6.54 Å². The first-order valence-electron chi connectivity index (χ1n) is 3.62. The van der Waals surface area contributed by atoms with Crippen LogP contribution in [0.2, 0.25) is 0 Å². The van der Waals surface area contributed by atoms with Crippen molar-refractivity contribution in [1.29, 1.82) is 0 Å². The predicted octanol–water partition coefficient (Wildman–Crippen LogP) is 0.888. The van der Waals surface area contributed by atoms with Gasteiger partial charge in [0.1, 0.15) is 0 Å². The SMILES string of the molecule is CONCc1ccc(O)c(F)c1O. The molecule has 1 rings (SSSR count). The van der Waals surface area contributed by atoms with Gasteiger partial charge in [0.25, 0.3) is 0 Å². The van der Waals surface area contributed by atoms with E-state index < -0.39 is 17.3 Å². The van der Waals surface area contributed by atoms with E-state index in [0.717, 1.165) is 0 Å². The summed E-state index contributed by atoms with van der Waals surface area (Å²) in [7, 11) is 1.41. The van der Waals surface area contributed by atoms with Gasteiger partial charge in [-0.1, -0.05) is 6.07 Å². The van der Waals surface area contributed by atoms with E-state index in [9.17, 15) is 9.50 Å². The Bertz CT molecular complexity index is 304. The van der Waals surface area contributed by atoms with Crippen LogP contribution in [0.25, 0.3) is 0 Å². The Morgan fingerprint density at radius 3 is 2.77 bits per heavy atom. The molecule has 0 bridgehead atoms. The molecule has 0 aliphatic rings. The fraction of sp³-hybridized carbons (Fsp3) is 0.250. The molecule has 1 aromatic rings. The number of halogens is 1. The van der Waals surface area contributed by atoms with E-state index in [2.05, 4.69) is 10.3 Å². The summed E-state index contributed by atoms with van der Waals surface area (Å²) >= 11 is 0. The first-order chi connectivity index (χ1) is 6.16. The first-order valence-corrected chi connectivity index (χ1v) is 3.62. The normalized spacial score (nSPS) is 10.3. The lowest BCUT2D eigenvalue weighted by Crippen LogP contribution is -2.11. The molecule has 1 aromatic carbocycles. The van der Waals surface area contributed by atoms with E-state index in [1.54, 1.807) is 0 Å². The van der Waals surface area contributed by atoms with Gasteiger partial charge in [0.2, 0.25) is 5.82 Å². The van der Waals surface area contributed by atoms with Gasteiger partial charge in [0.05, 0.1) is 7.11 Å². The van der Waals surface area contributed by atoms with Crippen molar-refractivity contribution >= 4 is 0 Å². The van der Waals surface area contributed by atoms with Crippen LogP contribution in [0.15, 0.2) is 12.1 Å². The maximum Gasteiger partial charge on any atom is 0.206 e. The van der Waals surface area contributed by atoms with Crippen LogP contribution in [0.4, 0.5) is 4.39 Å². The number of phenols is 2. The van der Waals surface area contributed by atoms with Crippen LogP contribution in [0.3, 0.4) is 0 Å². The minimum absolute atomic E-state index is 0.166. The summed E-state index contributed by atoms with van der Waals surface area (Å²) in [4.78, 5) is 4.52. The Balaban J connectivity index is 2.90. The number of benzene rings is 1. The summed E-state index contributed by atoms with van der Waals surface area (Å²) < 4.78 is 12.8. The van der Waals surface area contributed by atoms with Crippen LogP contribution in [0, 0.1) is 5.82 Å². The lowest BCUT2D eigenvalue weighted by Gasteiger charge is -2.06.